The number of carbonyl (C=O) groups is 1. The molecule has 0 bridgehead atoms. The van der Waals surface area contributed by atoms with Gasteiger partial charge >= 0.3 is 0 Å². The van der Waals surface area contributed by atoms with E-state index in [2.05, 4.69) is 4.90 Å². The molecule has 0 atom stereocenters. The van der Waals surface area contributed by atoms with Crippen LogP contribution in [0.5, 0.6) is 28.7 Å². The van der Waals surface area contributed by atoms with Crippen LogP contribution in [0.25, 0.3) is 0 Å². The SMILES string of the molecule is COc1cc(OC)cc(C(=O)N2CCN(Cc3cc(OC)c(O)c(OC)c3)CC2)c1. The molecule has 3 rings (SSSR count). The molecule has 0 aromatic heterocycles. The molecule has 0 aliphatic carbocycles. The summed E-state index contributed by atoms with van der Waals surface area (Å²) in [5.74, 6) is 1.89. The van der Waals surface area contributed by atoms with E-state index >= 15 is 0 Å². The van der Waals surface area contributed by atoms with Gasteiger partial charge in [-0.25, -0.2) is 0 Å². The lowest BCUT2D eigenvalue weighted by Gasteiger charge is -2.35. The highest BCUT2D eigenvalue weighted by Crippen LogP contribution is 2.37. The van der Waals surface area contributed by atoms with Gasteiger partial charge < -0.3 is 29.0 Å². The summed E-state index contributed by atoms with van der Waals surface area (Å²) < 4.78 is 21.0. The number of methoxy groups -OCH3 is 4. The van der Waals surface area contributed by atoms with Crippen molar-refractivity contribution in [3.63, 3.8) is 0 Å². The van der Waals surface area contributed by atoms with Gasteiger partial charge in [0.05, 0.1) is 28.4 Å². The molecule has 2 aromatic carbocycles. The fraction of sp³-hybridized carbons (Fsp3) is 0.409. The van der Waals surface area contributed by atoms with Gasteiger partial charge in [-0.3, -0.25) is 9.69 Å². The smallest absolute Gasteiger partial charge is 0.254 e. The number of carbonyl (C=O) groups excluding carboxylic acids is 1. The van der Waals surface area contributed by atoms with E-state index in [9.17, 15) is 9.90 Å². The Balaban J connectivity index is 1.65. The van der Waals surface area contributed by atoms with Crippen LogP contribution in [0.1, 0.15) is 15.9 Å². The summed E-state index contributed by atoms with van der Waals surface area (Å²) in [5, 5.41) is 10.1. The first kappa shape index (κ1) is 21.6. The van der Waals surface area contributed by atoms with Crippen LogP contribution in [-0.4, -0.2) is 75.4 Å². The lowest BCUT2D eigenvalue weighted by molar-refractivity contribution is 0.0627. The van der Waals surface area contributed by atoms with Crippen molar-refractivity contribution in [2.24, 2.45) is 0 Å². The Morgan fingerprint density at radius 2 is 1.37 bits per heavy atom. The van der Waals surface area contributed by atoms with Gasteiger partial charge in [-0.2, -0.15) is 0 Å². The average Bonchev–Trinajstić information content (AvgIpc) is 2.79. The van der Waals surface area contributed by atoms with Crippen LogP contribution in [0, 0.1) is 0 Å². The fourth-order valence-corrected chi connectivity index (χ4v) is 3.52. The molecule has 0 saturated carbocycles. The number of benzene rings is 2. The Morgan fingerprint density at radius 1 is 0.833 bits per heavy atom. The molecule has 0 spiro atoms. The van der Waals surface area contributed by atoms with Crippen LogP contribution in [0.2, 0.25) is 0 Å². The predicted octanol–water partition coefficient (Wildman–Crippen LogP) is 2.38. The van der Waals surface area contributed by atoms with Crippen LogP contribution in [0.3, 0.4) is 0 Å². The first-order chi connectivity index (χ1) is 14.5. The number of phenols is 1. The molecular weight excluding hydrogens is 388 g/mol. The third kappa shape index (κ3) is 4.71. The number of hydrogen-bond donors (Lipinski definition) is 1. The van der Waals surface area contributed by atoms with Gasteiger partial charge in [0.15, 0.2) is 11.5 Å². The zero-order valence-electron chi connectivity index (χ0n) is 17.8. The Kier molecular flexibility index (Phi) is 6.89. The van der Waals surface area contributed by atoms with Crippen molar-refractivity contribution >= 4 is 5.91 Å². The van der Waals surface area contributed by atoms with Crippen LogP contribution < -0.4 is 18.9 Å². The van der Waals surface area contributed by atoms with Crippen molar-refractivity contribution in [3.8, 4) is 28.7 Å². The number of amides is 1. The molecule has 1 heterocycles. The Labute approximate surface area is 176 Å². The largest absolute Gasteiger partial charge is 0.502 e. The van der Waals surface area contributed by atoms with Crippen molar-refractivity contribution < 1.29 is 28.8 Å². The predicted molar refractivity (Wildman–Crippen MR) is 112 cm³/mol. The molecule has 1 saturated heterocycles. The summed E-state index contributed by atoms with van der Waals surface area (Å²) in [6.45, 7) is 3.37. The summed E-state index contributed by atoms with van der Waals surface area (Å²) in [5.41, 5.74) is 1.52. The number of ether oxygens (including phenoxy) is 4. The van der Waals surface area contributed by atoms with Crippen molar-refractivity contribution in [2.75, 3.05) is 54.6 Å². The summed E-state index contributed by atoms with van der Waals surface area (Å²) in [6, 6.07) is 8.81. The molecule has 162 valence electrons. The Morgan fingerprint density at radius 3 is 1.83 bits per heavy atom. The van der Waals surface area contributed by atoms with Crippen LogP contribution in [0.15, 0.2) is 30.3 Å². The molecule has 30 heavy (non-hydrogen) atoms. The molecule has 8 nitrogen and oxygen atoms in total. The number of piperazine rings is 1. The van der Waals surface area contributed by atoms with E-state index in [4.69, 9.17) is 18.9 Å². The number of nitrogens with zero attached hydrogens (tertiary/aromatic N) is 2. The molecule has 1 fully saturated rings. The van der Waals surface area contributed by atoms with E-state index in [0.717, 1.165) is 18.7 Å². The van der Waals surface area contributed by atoms with Crippen LogP contribution >= 0.6 is 0 Å². The number of phenolic OH excluding ortho intramolecular Hbond substituents is 1. The highest BCUT2D eigenvalue weighted by atomic mass is 16.5. The van der Waals surface area contributed by atoms with Crippen LogP contribution in [-0.2, 0) is 6.54 Å². The zero-order valence-corrected chi connectivity index (χ0v) is 17.8. The van der Waals surface area contributed by atoms with Gasteiger partial charge in [-0.05, 0) is 29.8 Å². The minimum absolute atomic E-state index is 0.00659. The van der Waals surface area contributed by atoms with Gasteiger partial charge in [0, 0.05) is 44.4 Å². The lowest BCUT2D eigenvalue weighted by atomic mass is 10.1. The van der Waals surface area contributed by atoms with Crippen molar-refractivity contribution in [2.45, 2.75) is 6.54 Å². The first-order valence-electron chi connectivity index (χ1n) is 9.67. The van der Waals surface area contributed by atoms with Gasteiger partial charge in [0.1, 0.15) is 11.5 Å². The lowest BCUT2D eigenvalue weighted by Crippen LogP contribution is -2.48. The molecule has 1 amide bonds. The molecule has 1 aliphatic heterocycles. The quantitative estimate of drug-likeness (QED) is 0.742. The Bertz CT molecular complexity index is 846. The summed E-state index contributed by atoms with van der Waals surface area (Å²) >= 11 is 0. The summed E-state index contributed by atoms with van der Waals surface area (Å²) in [7, 11) is 6.15. The fourth-order valence-electron chi connectivity index (χ4n) is 3.52. The van der Waals surface area contributed by atoms with E-state index in [1.807, 2.05) is 4.90 Å². The summed E-state index contributed by atoms with van der Waals surface area (Å²) in [4.78, 5) is 17.0. The topological polar surface area (TPSA) is 80.7 Å². The second-order valence-electron chi connectivity index (χ2n) is 7.02. The third-order valence-corrected chi connectivity index (χ3v) is 5.20. The molecule has 1 aliphatic rings. The maximum absolute atomic E-state index is 12.9. The van der Waals surface area contributed by atoms with Gasteiger partial charge in [0.2, 0.25) is 5.75 Å². The van der Waals surface area contributed by atoms with E-state index in [-0.39, 0.29) is 11.7 Å². The first-order valence-corrected chi connectivity index (χ1v) is 9.67. The Hall–Kier alpha value is -3.13. The van der Waals surface area contributed by atoms with Gasteiger partial charge in [-0.1, -0.05) is 0 Å². The van der Waals surface area contributed by atoms with E-state index < -0.39 is 0 Å². The summed E-state index contributed by atoms with van der Waals surface area (Å²) in [6.07, 6.45) is 0. The second kappa shape index (κ2) is 9.58. The minimum Gasteiger partial charge on any atom is -0.502 e. The highest BCUT2D eigenvalue weighted by molar-refractivity contribution is 5.95. The molecule has 1 N–H and O–H groups in total. The standard InChI is InChI=1S/C22H28N2O6/c1-27-17-11-16(12-18(13-17)28-2)22(26)24-7-5-23(6-8-24)14-15-9-19(29-3)21(25)20(10-15)30-4/h9-13,25H,5-8,14H2,1-4H3. The molecule has 0 radical (unpaired) electrons. The average molecular weight is 416 g/mol. The van der Waals surface area contributed by atoms with E-state index in [1.54, 1.807) is 44.6 Å². The highest BCUT2D eigenvalue weighted by Gasteiger charge is 2.24. The van der Waals surface area contributed by atoms with E-state index in [1.165, 1.54) is 14.2 Å². The van der Waals surface area contributed by atoms with Crippen molar-refractivity contribution in [1.29, 1.82) is 0 Å². The monoisotopic (exact) mass is 416 g/mol. The molecular formula is C22H28N2O6. The van der Waals surface area contributed by atoms with Gasteiger partial charge in [-0.15, -0.1) is 0 Å². The zero-order chi connectivity index (χ0) is 21.7. The third-order valence-electron chi connectivity index (χ3n) is 5.20. The minimum atomic E-state index is -0.0418. The molecule has 8 heteroatoms. The van der Waals surface area contributed by atoms with Crippen molar-refractivity contribution in [1.82, 2.24) is 9.80 Å². The number of hydrogen-bond acceptors (Lipinski definition) is 7. The molecule has 2 aromatic rings. The van der Waals surface area contributed by atoms with Crippen molar-refractivity contribution in [3.05, 3.63) is 41.5 Å². The molecule has 0 unspecified atom stereocenters. The number of rotatable bonds is 7. The van der Waals surface area contributed by atoms with Crippen LogP contribution in [0.4, 0.5) is 0 Å². The maximum Gasteiger partial charge on any atom is 0.254 e. The van der Waals surface area contributed by atoms with Gasteiger partial charge in [0.25, 0.3) is 5.91 Å². The normalized spacial score (nSPS) is 14.3. The maximum atomic E-state index is 12.9. The second-order valence-corrected chi connectivity index (χ2v) is 7.02. The van der Waals surface area contributed by atoms with E-state index in [0.29, 0.717) is 48.2 Å². The number of aromatic hydroxyl groups is 1.